The first kappa shape index (κ1) is 14.3. The molecule has 0 saturated carbocycles. The van der Waals surface area contributed by atoms with Crippen molar-refractivity contribution in [3.8, 4) is 0 Å². The van der Waals surface area contributed by atoms with Gasteiger partial charge in [-0.2, -0.15) is 0 Å². The predicted molar refractivity (Wildman–Crippen MR) is 71.8 cm³/mol. The van der Waals surface area contributed by atoms with E-state index >= 15 is 0 Å². The minimum Gasteiger partial charge on any atom is -0.481 e. The Hall–Kier alpha value is -1.10. The lowest BCUT2D eigenvalue weighted by Crippen LogP contribution is -2.48. The van der Waals surface area contributed by atoms with E-state index in [-0.39, 0.29) is 11.9 Å². The lowest BCUT2D eigenvalue weighted by molar-refractivity contribution is -0.149. The smallest absolute Gasteiger partial charge is 0.311 e. The van der Waals surface area contributed by atoms with Gasteiger partial charge in [-0.3, -0.25) is 9.59 Å². The molecule has 0 spiro atoms. The van der Waals surface area contributed by atoms with Gasteiger partial charge in [0.05, 0.1) is 11.5 Å². The van der Waals surface area contributed by atoms with Crippen LogP contribution in [0.3, 0.4) is 0 Å². The van der Waals surface area contributed by atoms with Crippen LogP contribution in [0.5, 0.6) is 0 Å². The van der Waals surface area contributed by atoms with Gasteiger partial charge in [0, 0.05) is 13.1 Å². The highest BCUT2D eigenvalue weighted by Gasteiger charge is 2.46. The number of carboxylic acid groups (broad SMARTS) is 1. The van der Waals surface area contributed by atoms with Crippen LogP contribution in [0.1, 0.15) is 45.4 Å². The number of likely N-dealkylation sites (tertiary alicyclic amines) is 1. The minimum atomic E-state index is -0.749. The number of hydrogen-bond donors (Lipinski definition) is 2. The molecule has 0 aromatic rings. The number of amides is 1. The van der Waals surface area contributed by atoms with E-state index in [0.717, 1.165) is 32.2 Å². The van der Waals surface area contributed by atoms with E-state index < -0.39 is 11.4 Å². The SMILES string of the molecule is CCCC1(C(=O)O)CCN(C(=O)[C@H]2CCCCN2)C1. The number of carbonyl (C=O) groups is 2. The van der Waals surface area contributed by atoms with Crippen molar-refractivity contribution in [3.05, 3.63) is 0 Å². The third-order valence-electron chi connectivity index (χ3n) is 4.46. The first-order valence-corrected chi connectivity index (χ1v) is 7.34. The number of nitrogens with one attached hydrogen (secondary N) is 1. The number of hydrogen-bond acceptors (Lipinski definition) is 3. The van der Waals surface area contributed by atoms with Crippen LogP contribution in [-0.2, 0) is 9.59 Å². The average Bonchev–Trinajstić information content (AvgIpc) is 2.85. The monoisotopic (exact) mass is 268 g/mol. The number of aliphatic carboxylic acids is 1. The van der Waals surface area contributed by atoms with Gasteiger partial charge in [0.1, 0.15) is 0 Å². The molecule has 5 heteroatoms. The number of nitrogens with zero attached hydrogens (tertiary/aromatic N) is 1. The van der Waals surface area contributed by atoms with Crippen molar-refractivity contribution in [1.82, 2.24) is 10.2 Å². The quantitative estimate of drug-likeness (QED) is 0.804. The number of carbonyl (C=O) groups excluding carboxylic acids is 1. The maximum Gasteiger partial charge on any atom is 0.311 e. The van der Waals surface area contributed by atoms with E-state index in [4.69, 9.17) is 0 Å². The van der Waals surface area contributed by atoms with Crippen molar-refractivity contribution in [2.24, 2.45) is 5.41 Å². The highest BCUT2D eigenvalue weighted by molar-refractivity contribution is 5.84. The molecule has 0 aromatic carbocycles. The third kappa shape index (κ3) is 2.91. The molecule has 2 rings (SSSR count). The number of rotatable bonds is 4. The summed E-state index contributed by atoms with van der Waals surface area (Å²) >= 11 is 0. The Balaban J connectivity index is 1.99. The highest BCUT2D eigenvalue weighted by atomic mass is 16.4. The third-order valence-corrected chi connectivity index (χ3v) is 4.46. The summed E-state index contributed by atoms with van der Waals surface area (Å²) in [6.45, 7) is 3.86. The van der Waals surface area contributed by atoms with Gasteiger partial charge in [-0.1, -0.05) is 19.8 Å². The topological polar surface area (TPSA) is 69.6 Å². The zero-order chi connectivity index (χ0) is 13.9. The van der Waals surface area contributed by atoms with Crippen molar-refractivity contribution < 1.29 is 14.7 Å². The van der Waals surface area contributed by atoms with Crippen molar-refractivity contribution in [2.75, 3.05) is 19.6 Å². The summed E-state index contributed by atoms with van der Waals surface area (Å²) in [5.41, 5.74) is -0.709. The summed E-state index contributed by atoms with van der Waals surface area (Å²) in [5.74, 6) is -0.653. The van der Waals surface area contributed by atoms with E-state index in [1.807, 2.05) is 6.92 Å². The Bertz CT molecular complexity index is 353. The van der Waals surface area contributed by atoms with E-state index in [1.54, 1.807) is 4.90 Å². The number of carboxylic acids is 1. The second-order valence-electron chi connectivity index (χ2n) is 5.85. The zero-order valence-electron chi connectivity index (χ0n) is 11.7. The van der Waals surface area contributed by atoms with Gasteiger partial charge in [-0.25, -0.2) is 0 Å². The molecular formula is C14H24N2O3. The molecule has 2 saturated heterocycles. The molecule has 2 atom stereocenters. The van der Waals surface area contributed by atoms with Crippen molar-refractivity contribution in [3.63, 3.8) is 0 Å². The summed E-state index contributed by atoms with van der Waals surface area (Å²) in [5, 5.41) is 12.7. The lowest BCUT2D eigenvalue weighted by atomic mass is 9.83. The highest BCUT2D eigenvalue weighted by Crippen LogP contribution is 2.36. The maximum absolute atomic E-state index is 12.4. The van der Waals surface area contributed by atoms with Gasteiger partial charge in [0.2, 0.25) is 5.91 Å². The summed E-state index contributed by atoms with van der Waals surface area (Å²) in [6, 6.07) is -0.0972. The average molecular weight is 268 g/mol. The van der Waals surface area contributed by atoms with E-state index in [0.29, 0.717) is 25.9 Å². The predicted octanol–water partition coefficient (Wildman–Crippen LogP) is 1.23. The molecule has 1 amide bonds. The second-order valence-corrected chi connectivity index (χ2v) is 5.85. The normalized spacial score (nSPS) is 31.4. The Morgan fingerprint density at radius 2 is 2.21 bits per heavy atom. The van der Waals surface area contributed by atoms with Crippen LogP contribution in [0.4, 0.5) is 0 Å². The number of piperidine rings is 1. The van der Waals surface area contributed by atoms with Gasteiger partial charge < -0.3 is 15.3 Å². The molecule has 2 aliphatic heterocycles. The first-order chi connectivity index (χ1) is 9.09. The molecule has 0 aromatic heterocycles. The second kappa shape index (κ2) is 5.90. The van der Waals surface area contributed by atoms with Gasteiger partial charge in [0.15, 0.2) is 0 Å². The maximum atomic E-state index is 12.4. The van der Waals surface area contributed by atoms with Crippen molar-refractivity contribution >= 4 is 11.9 Å². The first-order valence-electron chi connectivity index (χ1n) is 7.34. The molecule has 2 fully saturated rings. The molecule has 0 aliphatic carbocycles. The van der Waals surface area contributed by atoms with Crippen molar-refractivity contribution in [2.45, 2.75) is 51.5 Å². The zero-order valence-corrected chi connectivity index (χ0v) is 11.7. The molecule has 1 unspecified atom stereocenters. The van der Waals surface area contributed by atoms with E-state index in [1.165, 1.54) is 0 Å². The van der Waals surface area contributed by atoms with Crippen molar-refractivity contribution in [1.29, 1.82) is 0 Å². The molecule has 108 valence electrons. The molecular weight excluding hydrogens is 244 g/mol. The van der Waals surface area contributed by atoms with Gasteiger partial charge in [0.25, 0.3) is 0 Å². The van der Waals surface area contributed by atoms with Crippen LogP contribution in [0.2, 0.25) is 0 Å². The minimum absolute atomic E-state index is 0.0962. The Kier molecular flexibility index (Phi) is 4.45. The van der Waals surface area contributed by atoms with Crippen LogP contribution in [0.15, 0.2) is 0 Å². The fourth-order valence-electron chi connectivity index (χ4n) is 3.31. The standard InChI is InChI=1S/C14H24N2O3/c1-2-6-14(13(18)19)7-9-16(10-14)12(17)11-5-3-4-8-15-11/h11,15H,2-10H2,1H3,(H,18,19)/t11-,14?/m1/s1. The molecule has 2 aliphatic rings. The van der Waals surface area contributed by atoms with Crippen LogP contribution >= 0.6 is 0 Å². The fourth-order valence-corrected chi connectivity index (χ4v) is 3.31. The molecule has 0 radical (unpaired) electrons. The largest absolute Gasteiger partial charge is 0.481 e. The van der Waals surface area contributed by atoms with Crippen LogP contribution in [-0.4, -0.2) is 47.6 Å². The molecule has 5 nitrogen and oxygen atoms in total. The summed E-state index contributed by atoms with van der Waals surface area (Å²) in [7, 11) is 0. The molecule has 0 bridgehead atoms. The molecule has 2 N–H and O–H groups in total. The van der Waals surface area contributed by atoms with Crippen LogP contribution < -0.4 is 5.32 Å². The lowest BCUT2D eigenvalue weighted by Gasteiger charge is -2.29. The van der Waals surface area contributed by atoms with Gasteiger partial charge >= 0.3 is 5.97 Å². The van der Waals surface area contributed by atoms with Gasteiger partial charge in [-0.05, 0) is 32.2 Å². The molecule has 2 heterocycles. The Labute approximate surface area is 114 Å². The van der Waals surface area contributed by atoms with Crippen LogP contribution in [0.25, 0.3) is 0 Å². The molecule has 19 heavy (non-hydrogen) atoms. The Morgan fingerprint density at radius 3 is 2.79 bits per heavy atom. The Morgan fingerprint density at radius 1 is 1.42 bits per heavy atom. The fraction of sp³-hybridized carbons (Fsp3) is 0.857. The van der Waals surface area contributed by atoms with Gasteiger partial charge in [-0.15, -0.1) is 0 Å². The summed E-state index contributed by atoms with van der Waals surface area (Å²) < 4.78 is 0. The van der Waals surface area contributed by atoms with Crippen LogP contribution in [0, 0.1) is 5.41 Å². The van der Waals surface area contributed by atoms with E-state index in [2.05, 4.69) is 5.32 Å². The van der Waals surface area contributed by atoms with E-state index in [9.17, 15) is 14.7 Å². The summed E-state index contributed by atoms with van der Waals surface area (Å²) in [6.07, 6.45) is 5.17. The summed E-state index contributed by atoms with van der Waals surface area (Å²) in [4.78, 5) is 25.6.